The molecule has 116 valence electrons. The monoisotopic (exact) mass is 292 g/mol. The highest BCUT2D eigenvalue weighted by atomic mass is 16.5. The van der Waals surface area contributed by atoms with Crippen molar-refractivity contribution in [3.8, 4) is 0 Å². The third kappa shape index (κ3) is 4.52. The van der Waals surface area contributed by atoms with Crippen molar-refractivity contribution >= 4 is 5.91 Å². The van der Waals surface area contributed by atoms with Gasteiger partial charge in [-0.25, -0.2) is 0 Å². The number of carbonyl (C=O) groups excluding carboxylic acids is 1. The Bertz CT molecular complexity index is 465. The molecule has 0 radical (unpaired) electrons. The van der Waals surface area contributed by atoms with E-state index in [9.17, 15) is 9.90 Å². The number of methoxy groups -OCH3 is 1. The second-order valence-electron chi connectivity index (χ2n) is 5.43. The van der Waals surface area contributed by atoms with Gasteiger partial charge < -0.3 is 15.2 Å². The summed E-state index contributed by atoms with van der Waals surface area (Å²) >= 11 is 0. The quantitative estimate of drug-likeness (QED) is 0.784. The highest BCUT2D eigenvalue weighted by Gasteiger charge is 2.25. The van der Waals surface area contributed by atoms with Crippen LogP contribution >= 0.6 is 0 Å². The maximum Gasteiger partial charge on any atom is 0.234 e. The smallest absolute Gasteiger partial charge is 0.234 e. The molecule has 1 atom stereocenters. The van der Waals surface area contributed by atoms with Crippen LogP contribution in [0.3, 0.4) is 0 Å². The summed E-state index contributed by atoms with van der Waals surface area (Å²) in [5, 5.41) is 12.2. The molecule has 1 aliphatic heterocycles. The lowest BCUT2D eigenvalue weighted by Crippen LogP contribution is -2.41. The van der Waals surface area contributed by atoms with E-state index in [1.165, 1.54) is 0 Å². The van der Waals surface area contributed by atoms with Crippen molar-refractivity contribution in [2.45, 2.75) is 32.0 Å². The van der Waals surface area contributed by atoms with Crippen LogP contribution in [0.15, 0.2) is 24.3 Å². The SMILES string of the molecule is COCc1ccccc1CNC(=O)CN1CCC[C@H]1CO. The predicted molar refractivity (Wildman–Crippen MR) is 80.7 cm³/mol. The number of amides is 1. The Kier molecular flexibility index (Phi) is 6.17. The van der Waals surface area contributed by atoms with Gasteiger partial charge in [0.25, 0.3) is 0 Å². The van der Waals surface area contributed by atoms with Crippen molar-refractivity contribution in [3.63, 3.8) is 0 Å². The number of benzene rings is 1. The summed E-state index contributed by atoms with van der Waals surface area (Å²) in [5.74, 6) is 0.00238. The van der Waals surface area contributed by atoms with Crippen molar-refractivity contribution in [1.29, 1.82) is 0 Å². The van der Waals surface area contributed by atoms with Crippen molar-refractivity contribution in [3.05, 3.63) is 35.4 Å². The van der Waals surface area contributed by atoms with Gasteiger partial charge in [-0.2, -0.15) is 0 Å². The van der Waals surface area contributed by atoms with E-state index in [-0.39, 0.29) is 18.6 Å². The van der Waals surface area contributed by atoms with E-state index in [0.717, 1.165) is 30.5 Å². The van der Waals surface area contributed by atoms with Crippen molar-refractivity contribution in [2.75, 3.05) is 26.8 Å². The number of hydrogen-bond donors (Lipinski definition) is 2. The van der Waals surface area contributed by atoms with Crippen LogP contribution in [0.2, 0.25) is 0 Å². The number of likely N-dealkylation sites (tertiary alicyclic amines) is 1. The fraction of sp³-hybridized carbons (Fsp3) is 0.562. The maximum atomic E-state index is 12.0. The lowest BCUT2D eigenvalue weighted by molar-refractivity contribution is -0.122. The van der Waals surface area contributed by atoms with E-state index in [1.54, 1.807) is 7.11 Å². The summed E-state index contributed by atoms with van der Waals surface area (Å²) in [5.41, 5.74) is 2.17. The van der Waals surface area contributed by atoms with E-state index >= 15 is 0 Å². The molecule has 5 heteroatoms. The van der Waals surface area contributed by atoms with E-state index < -0.39 is 0 Å². The number of hydrogen-bond acceptors (Lipinski definition) is 4. The first kappa shape index (κ1) is 15.9. The molecule has 1 amide bonds. The van der Waals surface area contributed by atoms with Crippen molar-refractivity contribution in [1.82, 2.24) is 10.2 Å². The van der Waals surface area contributed by atoms with Gasteiger partial charge in [0.2, 0.25) is 5.91 Å². The summed E-state index contributed by atoms with van der Waals surface area (Å²) in [7, 11) is 1.66. The van der Waals surface area contributed by atoms with Crippen LogP contribution in [-0.2, 0) is 22.7 Å². The summed E-state index contributed by atoms with van der Waals surface area (Å²) in [4.78, 5) is 14.1. The Labute approximate surface area is 125 Å². The molecule has 0 bridgehead atoms. The Morgan fingerprint density at radius 1 is 1.43 bits per heavy atom. The molecule has 0 aromatic heterocycles. The van der Waals surface area contributed by atoms with Crippen molar-refractivity contribution in [2.24, 2.45) is 0 Å². The minimum absolute atomic E-state index is 0.00238. The fourth-order valence-electron chi connectivity index (χ4n) is 2.77. The van der Waals surface area contributed by atoms with Gasteiger partial charge in [-0.1, -0.05) is 24.3 Å². The molecule has 2 N–H and O–H groups in total. The number of rotatable bonds is 7. The van der Waals surface area contributed by atoms with Gasteiger partial charge in [0.05, 0.1) is 19.8 Å². The molecule has 1 fully saturated rings. The van der Waals surface area contributed by atoms with E-state index in [4.69, 9.17) is 4.74 Å². The standard InChI is InChI=1S/C16H24N2O3/c1-21-12-14-6-3-2-5-13(14)9-17-16(20)10-18-8-4-7-15(18)11-19/h2-3,5-6,15,19H,4,7-12H2,1H3,(H,17,20)/t15-/m0/s1. The first-order chi connectivity index (χ1) is 10.2. The number of nitrogens with zero attached hydrogens (tertiary/aromatic N) is 1. The molecule has 5 nitrogen and oxygen atoms in total. The minimum Gasteiger partial charge on any atom is -0.395 e. The van der Waals surface area contributed by atoms with Gasteiger partial charge in [0.1, 0.15) is 0 Å². The summed E-state index contributed by atoms with van der Waals surface area (Å²) < 4.78 is 5.16. The third-order valence-electron chi connectivity index (χ3n) is 3.95. The maximum absolute atomic E-state index is 12.0. The van der Waals surface area contributed by atoms with Gasteiger partial charge in [0.15, 0.2) is 0 Å². The van der Waals surface area contributed by atoms with Crippen LogP contribution in [0.25, 0.3) is 0 Å². The summed E-state index contributed by atoms with van der Waals surface area (Å²) in [6, 6.07) is 8.07. The third-order valence-corrected chi connectivity index (χ3v) is 3.95. The van der Waals surface area contributed by atoms with Gasteiger partial charge in [0, 0.05) is 19.7 Å². The number of aliphatic hydroxyl groups excluding tert-OH is 1. The van der Waals surface area contributed by atoms with Crippen LogP contribution < -0.4 is 5.32 Å². The zero-order valence-corrected chi connectivity index (χ0v) is 12.5. The fourth-order valence-corrected chi connectivity index (χ4v) is 2.77. The van der Waals surface area contributed by atoms with Gasteiger partial charge in [-0.15, -0.1) is 0 Å². The average Bonchev–Trinajstić information content (AvgIpc) is 2.94. The summed E-state index contributed by atoms with van der Waals surface area (Å²) in [6.07, 6.45) is 2.02. The first-order valence-electron chi connectivity index (χ1n) is 7.42. The van der Waals surface area contributed by atoms with E-state index in [2.05, 4.69) is 10.2 Å². The topological polar surface area (TPSA) is 61.8 Å². The molecule has 2 rings (SSSR count). The number of aliphatic hydroxyl groups is 1. The molecule has 0 unspecified atom stereocenters. The molecule has 1 heterocycles. The molecule has 0 saturated carbocycles. The summed E-state index contributed by atoms with van der Waals surface area (Å²) in [6.45, 7) is 2.43. The van der Waals surface area contributed by atoms with Gasteiger partial charge in [-0.3, -0.25) is 9.69 Å². The second kappa shape index (κ2) is 8.12. The molecule has 1 aliphatic rings. The zero-order chi connectivity index (χ0) is 15.1. The van der Waals surface area contributed by atoms with Gasteiger partial charge >= 0.3 is 0 Å². The molecular weight excluding hydrogens is 268 g/mol. The molecule has 0 aliphatic carbocycles. The Hall–Kier alpha value is -1.43. The molecular formula is C16H24N2O3. The minimum atomic E-state index is 0.00238. The number of ether oxygens (including phenoxy) is 1. The predicted octanol–water partition coefficient (Wildman–Crippen LogP) is 0.906. The van der Waals surface area contributed by atoms with E-state index in [0.29, 0.717) is 19.7 Å². The molecule has 1 aromatic rings. The van der Waals surface area contributed by atoms with Crippen LogP contribution in [0.1, 0.15) is 24.0 Å². The van der Waals surface area contributed by atoms with Crippen molar-refractivity contribution < 1.29 is 14.6 Å². The Balaban J connectivity index is 1.84. The van der Waals surface area contributed by atoms with Gasteiger partial charge in [-0.05, 0) is 30.5 Å². The van der Waals surface area contributed by atoms with Crippen LogP contribution in [-0.4, -0.2) is 48.8 Å². The highest BCUT2D eigenvalue weighted by Crippen LogP contribution is 2.16. The Morgan fingerprint density at radius 3 is 2.90 bits per heavy atom. The first-order valence-corrected chi connectivity index (χ1v) is 7.42. The highest BCUT2D eigenvalue weighted by molar-refractivity contribution is 5.78. The van der Waals surface area contributed by atoms with Crippen LogP contribution in [0.4, 0.5) is 0 Å². The lowest BCUT2D eigenvalue weighted by atomic mass is 10.1. The molecule has 1 aromatic carbocycles. The zero-order valence-electron chi connectivity index (χ0n) is 12.5. The largest absolute Gasteiger partial charge is 0.395 e. The second-order valence-corrected chi connectivity index (χ2v) is 5.43. The molecule has 1 saturated heterocycles. The van der Waals surface area contributed by atoms with Crippen LogP contribution in [0, 0.1) is 0 Å². The lowest BCUT2D eigenvalue weighted by Gasteiger charge is -2.22. The van der Waals surface area contributed by atoms with E-state index in [1.807, 2.05) is 24.3 Å². The molecule has 21 heavy (non-hydrogen) atoms. The number of carbonyl (C=O) groups is 1. The Morgan fingerprint density at radius 2 is 2.19 bits per heavy atom. The molecule has 0 spiro atoms. The average molecular weight is 292 g/mol. The van der Waals surface area contributed by atoms with Crippen LogP contribution in [0.5, 0.6) is 0 Å². The normalized spacial score (nSPS) is 18.9. The number of nitrogens with one attached hydrogen (secondary N) is 1.